The first-order valence-electron chi connectivity index (χ1n) is 14.9. The van der Waals surface area contributed by atoms with Gasteiger partial charge in [0.25, 0.3) is 0 Å². The zero-order chi connectivity index (χ0) is 29.4. The highest BCUT2D eigenvalue weighted by atomic mass is 32.2. The van der Waals surface area contributed by atoms with Crippen LogP contribution in [0.3, 0.4) is 0 Å². The van der Waals surface area contributed by atoms with Gasteiger partial charge in [0, 0.05) is 57.1 Å². The van der Waals surface area contributed by atoms with Gasteiger partial charge in [0.05, 0.1) is 17.4 Å². The fraction of sp³-hybridized carbons (Fsp3) is 0.562. The molecule has 2 saturated heterocycles. The first-order valence-corrected chi connectivity index (χ1v) is 16.8. The summed E-state index contributed by atoms with van der Waals surface area (Å²) >= 11 is 0. The van der Waals surface area contributed by atoms with E-state index >= 15 is 0 Å². The molecule has 1 N–H and O–H groups in total. The average molecular weight is 584 g/mol. The van der Waals surface area contributed by atoms with Crippen LogP contribution in [0.5, 0.6) is 0 Å². The Kier molecular flexibility index (Phi) is 11.0. The van der Waals surface area contributed by atoms with Crippen molar-refractivity contribution in [3.05, 3.63) is 65.7 Å². The number of carbonyl (C=O) groups is 2. The monoisotopic (exact) mass is 583 g/mol. The summed E-state index contributed by atoms with van der Waals surface area (Å²) in [6.45, 7) is 7.99. The van der Waals surface area contributed by atoms with Gasteiger partial charge in [0.1, 0.15) is 0 Å². The topological polar surface area (TPSA) is 96.0 Å². The summed E-state index contributed by atoms with van der Waals surface area (Å²) in [5.74, 6) is 0.207. The van der Waals surface area contributed by atoms with Gasteiger partial charge < -0.3 is 19.9 Å². The number of hydrogen-bond acceptors (Lipinski definition) is 6. The first-order chi connectivity index (χ1) is 19.7. The minimum Gasteiger partial charge on any atom is -0.381 e. The number of nitrogens with zero attached hydrogens (tertiary/aromatic N) is 2. The summed E-state index contributed by atoms with van der Waals surface area (Å²) in [4.78, 5) is 31.0. The molecule has 2 aromatic carbocycles. The van der Waals surface area contributed by atoms with E-state index in [9.17, 15) is 18.0 Å². The van der Waals surface area contributed by atoms with Crippen molar-refractivity contribution >= 4 is 21.7 Å². The van der Waals surface area contributed by atoms with Crippen LogP contribution >= 0.6 is 0 Å². The highest BCUT2D eigenvalue weighted by Crippen LogP contribution is 2.26. The molecule has 0 aliphatic carbocycles. The third kappa shape index (κ3) is 8.63. The number of likely N-dealkylation sites (N-methyl/N-ethyl adjacent to an activating group) is 1. The van der Waals surface area contributed by atoms with Gasteiger partial charge in [-0.25, -0.2) is 8.42 Å². The molecule has 0 radical (unpaired) electrons. The number of hydrogen-bond donors (Lipinski definition) is 1. The van der Waals surface area contributed by atoms with Crippen molar-refractivity contribution in [3.8, 4) is 0 Å². The molecule has 2 aromatic rings. The second-order valence-electron chi connectivity index (χ2n) is 11.5. The maximum atomic E-state index is 13.2. The molecule has 4 rings (SSSR count). The predicted molar refractivity (Wildman–Crippen MR) is 160 cm³/mol. The second-order valence-corrected chi connectivity index (χ2v) is 13.5. The van der Waals surface area contributed by atoms with Gasteiger partial charge in [-0.1, -0.05) is 42.5 Å². The molecule has 2 aliphatic heterocycles. The molecule has 2 aliphatic rings. The molecule has 0 saturated carbocycles. The highest BCUT2D eigenvalue weighted by Gasteiger charge is 2.31. The summed E-state index contributed by atoms with van der Waals surface area (Å²) in [6.07, 6.45) is 5.63. The van der Waals surface area contributed by atoms with Crippen molar-refractivity contribution in [2.75, 3.05) is 39.1 Å². The van der Waals surface area contributed by atoms with Crippen LogP contribution < -0.4 is 5.32 Å². The van der Waals surface area contributed by atoms with Crippen molar-refractivity contribution in [3.63, 3.8) is 0 Å². The Hall–Kier alpha value is -2.75. The van der Waals surface area contributed by atoms with E-state index in [2.05, 4.69) is 29.3 Å². The number of piperidine rings is 1. The van der Waals surface area contributed by atoms with Crippen LogP contribution in [0.2, 0.25) is 0 Å². The lowest BCUT2D eigenvalue weighted by Crippen LogP contribution is -2.50. The standard InChI is InChI=1S/C32H45N3O5S/c1-4-35(31(36)23-25-10-12-29(13-11-25)41(3,38)39)28-14-18-34(19-15-28)24(2)22-30(26-8-6-5-7-9-26)33-32(37)27-16-20-40-21-17-27/h5-13,24,27-28,30H,4,14-23H2,1-3H3,(H,33,37)/t24?,30-/m0/s1. The van der Waals surface area contributed by atoms with Crippen molar-refractivity contribution in [1.29, 1.82) is 0 Å². The molecular weight excluding hydrogens is 538 g/mol. The molecule has 2 fully saturated rings. The van der Waals surface area contributed by atoms with Crippen LogP contribution in [-0.4, -0.2) is 81.2 Å². The van der Waals surface area contributed by atoms with Gasteiger partial charge in [0.2, 0.25) is 11.8 Å². The van der Waals surface area contributed by atoms with E-state index in [4.69, 9.17) is 4.74 Å². The Balaban J connectivity index is 1.32. The highest BCUT2D eigenvalue weighted by molar-refractivity contribution is 7.90. The molecule has 1 unspecified atom stereocenters. The Morgan fingerprint density at radius 2 is 1.63 bits per heavy atom. The maximum absolute atomic E-state index is 13.2. The van der Waals surface area contributed by atoms with Gasteiger partial charge in [-0.05, 0) is 69.2 Å². The molecule has 224 valence electrons. The summed E-state index contributed by atoms with van der Waals surface area (Å²) in [6, 6.07) is 17.2. The molecule has 0 bridgehead atoms. The number of amides is 2. The largest absolute Gasteiger partial charge is 0.381 e. The Labute approximate surface area is 245 Å². The summed E-state index contributed by atoms with van der Waals surface area (Å²) in [5.41, 5.74) is 1.95. The van der Waals surface area contributed by atoms with Gasteiger partial charge in [-0.3, -0.25) is 9.59 Å². The smallest absolute Gasteiger partial charge is 0.227 e. The van der Waals surface area contributed by atoms with Crippen molar-refractivity contribution in [2.45, 2.75) is 75.4 Å². The van der Waals surface area contributed by atoms with E-state index in [1.54, 1.807) is 24.3 Å². The van der Waals surface area contributed by atoms with Crippen molar-refractivity contribution in [2.24, 2.45) is 5.92 Å². The number of ether oxygens (including phenoxy) is 1. The Morgan fingerprint density at radius 1 is 1.00 bits per heavy atom. The van der Waals surface area contributed by atoms with E-state index in [0.29, 0.717) is 19.8 Å². The minimum atomic E-state index is -3.26. The predicted octanol–water partition coefficient (Wildman–Crippen LogP) is 4.01. The second kappa shape index (κ2) is 14.4. The number of likely N-dealkylation sites (tertiary alicyclic amines) is 1. The summed E-state index contributed by atoms with van der Waals surface area (Å²) in [5, 5.41) is 3.35. The number of nitrogens with one attached hydrogen (secondary N) is 1. The van der Waals surface area contributed by atoms with E-state index in [0.717, 1.165) is 56.3 Å². The third-order valence-electron chi connectivity index (χ3n) is 8.62. The molecule has 0 aromatic heterocycles. The number of sulfone groups is 1. The van der Waals surface area contributed by atoms with Crippen molar-refractivity contribution < 1.29 is 22.7 Å². The fourth-order valence-corrected chi connectivity index (χ4v) is 6.74. The van der Waals surface area contributed by atoms with Gasteiger partial charge in [0.15, 0.2) is 9.84 Å². The normalized spacial score (nSPS) is 18.9. The molecule has 2 atom stereocenters. The quantitative estimate of drug-likeness (QED) is 0.430. The van der Waals surface area contributed by atoms with Gasteiger partial charge >= 0.3 is 0 Å². The number of rotatable bonds is 11. The van der Waals surface area contributed by atoms with Crippen LogP contribution in [-0.2, 0) is 30.6 Å². The SMILES string of the molecule is CCN(C(=O)Cc1ccc(S(C)(=O)=O)cc1)C1CCN(C(C)C[C@H](NC(=O)C2CCOCC2)c2ccccc2)CC1. The van der Waals surface area contributed by atoms with E-state index in [1.807, 2.05) is 30.0 Å². The summed E-state index contributed by atoms with van der Waals surface area (Å²) < 4.78 is 28.9. The fourth-order valence-electron chi connectivity index (χ4n) is 6.11. The van der Waals surface area contributed by atoms with Gasteiger partial charge in [-0.15, -0.1) is 0 Å². The van der Waals surface area contributed by atoms with Gasteiger partial charge in [-0.2, -0.15) is 0 Å². The lowest BCUT2D eigenvalue weighted by atomic mass is 9.94. The molecule has 2 amide bonds. The minimum absolute atomic E-state index is 0.0104. The average Bonchev–Trinajstić information content (AvgIpc) is 2.98. The molecule has 8 nitrogen and oxygen atoms in total. The number of benzene rings is 2. The van der Waals surface area contributed by atoms with Crippen LogP contribution in [0.15, 0.2) is 59.5 Å². The molecular formula is C32H45N3O5S. The Morgan fingerprint density at radius 3 is 2.22 bits per heavy atom. The lowest BCUT2D eigenvalue weighted by molar-refractivity contribution is -0.133. The number of carbonyl (C=O) groups excluding carboxylic acids is 2. The lowest BCUT2D eigenvalue weighted by Gasteiger charge is -2.41. The Bertz CT molecular complexity index is 1240. The van der Waals surface area contributed by atoms with E-state index < -0.39 is 9.84 Å². The van der Waals surface area contributed by atoms with Crippen LogP contribution in [0, 0.1) is 5.92 Å². The van der Waals surface area contributed by atoms with Crippen molar-refractivity contribution in [1.82, 2.24) is 15.1 Å². The van der Waals surface area contributed by atoms with Crippen LogP contribution in [0.1, 0.15) is 63.1 Å². The molecule has 0 spiro atoms. The van der Waals surface area contributed by atoms with Crippen LogP contribution in [0.25, 0.3) is 0 Å². The molecule has 2 heterocycles. The van der Waals surface area contributed by atoms with Crippen LogP contribution in [0.4, 0.5) is 0 Å². The van der Waals surface area contributed by atoms with E-state index in [1.165, 1.54) is 6.26 Å². The summed E-state index contributed by atoms with van der Waals surface area (Å²) in [7, 11) is -3.26. The molecule has 9 heteroatoms. The molecule has 41 heavy (non-hydrogen) atoms. The first kappa shape index (κ1) is 31.2. The zero-order valence-corrected chi connectivity index (χ0v) is 25.4. The van der Waals surface area contributed by atoms with E-state index in [-0.39, 0.29) is 47.2 Å². The third-order valence-corrected chi connectivity index (χ3v) is 9.75. The zero-order valence-electron chi connectivity index (χ0n) is 24.6. The maximum Gasteiger partial charge on any atom is 0.227 e.